The van der Waals surface area contributed by atoms with E-state index in [0.717, 1.165) is 5.75 Å². The fourth-order valence-corrected chi connectivity index (χ4v) is 4.29. The molecular formula is C21H32N4O7S. The van der Waals surface area contributed by atoms with Gasteiger partial charge in [-0.15, -0.1) is 0 Å². The molecule has 0 N–H and O–H groups in total. The first-order valence-electron chi connectivity index (χ1n) is 10.9. The third-order valence-corrected chi connectivity index (χ3v) is 7.02. The van der Waals surface area contributed by atoms with Gasteiger partial charge in [-0.3, -0.25) is 14.6 Å². The van der Waals surface area contributed by atoms with Crippen molar-refractivity contribution in [3.8, 4) is 5.88 Å². The van der Waals surface area contributed by atoms with Crippen LogP contribution >= 0.6 is 10.0 Å². The van der Waals surface area contributed by atoms with E-state index in [9.17, 15) is 9.59 Å². The number of anilines is 2. The quantitative estimate of drug-likeness (QED) is 0.484. The van der Waals surface area contributed by atoms with E-state index >= 15 is 0 Å². The largest absolute Gasteiger partial charge is 0.465 e. The van der Waals surface area contributed by atoms with Crippen LogP contribution in [0.3, 0.4) is 0 Å². The molecule has 0 spiro atoms. The van der Waals surface area contributed by atoms with Gasteiger partial charge in [-0.2, -0.15) is 0 Å². The first-order chi connectivity index (χ1) is 15.6. The van der Waals surface area contributed by atoms with E-state index in [0.29, 0.717) is 45.0 Å². The number of amides is 2. The van der Waals surface area contributed by atoms with Gasteiger partial charge in [0.05, 0.1) is 32.6 Å². The Bertz CT molecular complexity index is 888. The summed E-state index contributed by atoms with van der Waals surface area (Å²) in [5, 5.41) is 0. The summed E-state index contributed by atoms with van der Waals surface area (Å²) in [5.41, 5.74) is 0. The van der Waals surface area contributed by atoms with Gasteiger partial charge < -0.3 is 23.7 Å². The second kappa shape index (κ2) is 9.61. The van der Waals surface area contributed by atoms with Gasteiger partial charge in [-0.05, 0) is 32.1 Å². The second-order valence-corrected chi connectivity index (χ2v) is 13.9. The van der Waals surface area contributed by atoms with Crippen LogP contribution in [0.1, 0.15) is 19.8 Å². The molecule has 1 aromatic rings. The van der Waals surface area contributed by atoms with E-state index in [1.165, 1.54) is 16.0 Å². The number of carbonyl (C=O) groups is 2. The topological polar surface area (TPSA) is 113 Å². The minimum atomic E-state index is -0.699. The maximum atomic E-state index is 12.5. The zero-order valence-corrected chi connectivity index (χ0v) is 20.4. The van der Waals surface area contributed by atoms with Crippen LogP contribution in [-0.2, 0) is 23.7 Å². The highest BCUT2D eigenvalue weighted by Crippen LogP contribution is 2.34. The summed E-state index contributed by atoms with van der Waals surface area (Å²) in [6.45, 7) is 3.80. The molecule has 2 fully saturated rings. The van der Waals surface area contributed by atoms with E-state index in [4.69, 9.17) is 23.7 Å². The van der Waals surface area contributed by atoms with Crippen LogP contribution in [-0.4, -0.2) is 98.1 Å². The normalized spacial score (nSPS) is 22.8. The Hall–Kier alpha value is -2.15. The van der Waals surface area contributed by atoms with Gasteiger partial charge in [-0.1, -0.05) is 0 Å². The number of hydrogen-bond acceptors (Lipinski definition) is 9. The minimum Gasteiger partial charge on any atom is -0.465 e. The van der Waals surface area contributed by atoms with Crippen LogP contribution in [0.5, 0.6) is 5.88 Å². The molecule has 33 heavy (non-hydrogen) atoms. The number of aromatic nitrogens is 2. The molecule has 1 unspecified atom stereocenters. The molecule has 0 bridgehead atoms. The Kier molecular flexibility index (Phi) is 6.99. The van der Waals surface area contributed by atoms with Crippen molar-refractivity contribution < 1.29 is 33.3 Å². The summed E-state index contributed by atoms with van der Waals surface area (Å²) in [7, 11) is -0.699. The number of hydrogen-bond donors (Lipinski definition) is 0. The highest BCUT2D eigenvalue weighted by atomic mass is 32.3. The van der Waals surface area contributed by atoms with Gasteiger partial charge in [0.25, 0.3) is 11.8 Å². The molecule has 2 saturated heterocycles. The van der Waals surface area contributed by atoms with Gasteiger partial charge in [-0.25, -0.2) is 24.8 Å². The number of nitrogens with zero attached hydrogens (tertiary/aromatic N) is 4. The summed E-state index contributed by atoms with van der Waals surface area (Å²) >= 11 is 0. The maximum Gasteiger partial charge on any atom is 0.415 e. The number of cyclic esters (lactones) is 1. The molecule has 1 aromatic heterocycles. The number of ether oxygens (including phenoxy) is 5. The molecule has 11 nitrogen and oxygen atoms in total. The van der Waals surface area contributed by atoms with Crippen molar-refractivity contribution in [3.63, 3.8) is 0 Å². The van der Waals surface area contributed by atoms with Gasteiger partial charge in [0.1, 0.15) is 12.8 Å². The van der Waals surface area contributed by atoms with Crippen molar-refractivity contribution in [2.24, 2.45) is 0 Å². The van der Waals surface area contributed by atoms with Crippen LogP contribution in [0, 0.1) is 0 Å². The number of carbonyl (C=O) groups excluding carboxylic acids is 2. The standard InChI is InChI=1S/C21H32N4O7S/c1-21(30-7-8-31-21)6-5-15-12-24(20(27)32-15)16-11-22-19-18(23-16)25(17(26)13-29-19)14-28-9-10-33(2,3)4/h11,15H,5-10,12-14H2,1-4H3. The van der Waals surface area contributed by atoms with Crippen molar-refractivity contribution in [1.29, 1.82) is 0 Å². The average Bonchev–Trinajstić information content (AvgIpc) is 3.36. The fraction of sp³-hybridized carbons (Fsp3) is 0.714. The molecule has 1 atom stereocenters. The lowest BCUT2D eigenvalue weighted by Gasteiger charge is -2.29. The third-order valence-electron chi connectivity index (χ3n) is 5.63. The SMILES string of the molecule is CC1(CCC2CN(c3cnc4c(n3)N(COCCS(C)(C)C)C(=O)CO4)C(=O)O2)OCCO1. The smallest absolute Gasteiger partial charge is 0.415 e. The maximum absolute atomic E-state index is 12.5. The van der Waals surface area contributed by atoms with Crippen LogP contribution in [0.4, 0.5) is 16.4 Å². The zero-order valence-electron chi connectivity index (χ0n) is 19.6. The first-order valence-corrected chi connectivity index (χ1v) is 14.0. The molecule has 184 valence electrons. The lowest BCUT2D eigenvalue weighted by Crippen LogP contribution is -2.42. The molecule has 3 aliphatic heterocycles. The van der Waals surface area contributed by atoms with Crippen molar-refractivity contribution >= 4 is 33.7 Å². The Labute approximate surface area is 195 Å². The lowest BCUT2D eigenvalue weighted by atomic mass is 10.1. The Morgan fingerprint density at radius 3 is 2.73 bits per heavy atom. The first kappa shape index (κ1) is 24.0. The molecular weight excluding hydrogens is 452 g/mol. The van der Waals surface area contributed by atoms with Crippen molar-refractivity contribution in [3.05, 3.63) is 6.20 Å². The molecule has 12 heteroatoms. The zero-order chi connectivity index (χ0) is 23.6. The molecule has 4 rings (SSSR count). The molecule has 2 amide bonds. The van der Waals surface area contributed by atoms with E-state index < -0.39 is 21.9 Å². The molecule has 4 heterocycles. The highest BCUT2D eigenvalue weighted by Gasteiger charge is 2.38. The molecule has 0 aliphatic carbocycles. The van der Waals surface area contributed by atoms with Crippen molar-refractivity contribution in [2.75, 3.05) is 74.0 Å². The summed E-state index contributed by atoms with van der Waals surface area (Å²) in [6, 6.07) is 0. The Morgan fingerprint density at radius 1 is 1.24 bits per heavy atom. The molecule has 0 radical (unpaired) electrons. The highest BCUT2D eigenvalue weighted by molar-refractivity contribution is 8.32. The van der Waals surface area contributed by atoms with E-state index in [2.05, 4.69) is 28.7 Å². The molecule has 3 aliphatic rings. The molecule has 0 aromatic carbocycles. The van der Waals surface area contributed by atoms with E-state index in [1.807, 2.05) is 6.92 Å². The van der Waals surface area contributed by atoms with E-state index in [1.54, 1.807) is 0 Å². The van der Waals surface area contributed by atoms with E-state index in [-0.39, 0.29) is 37.0 Å². The lowest BCUT2D eigenvalue weighted by molar-refractivity contribution is -0.150. The monoisotopic (exact) mass is 484 g/mol. The molecule has 0 saturated carbocycles. The number of rotatable bonds is 9. The van der Waals surface area contributed by atoms with Crippen molar-refractivity contribution in [2.45, 2.75) is 31.7 Å². The predicted octanol–water partition coefficient (Wildman–Crippen LogP) is 1.74. The number of fused-ring (bicyclic) bond motifs is 1. The van der Waals surface area contributed by atoms with Crippen LogP contribution < -0.4 is 14.5 Å². The average molecular weight is 485 g/mol. The second-order valence-electron chi connectivity index (χ2n) is 9.29. The van der Waals surface area contributed by atoms with Gasteiger partial charge in [0.2, 0.25) is 5.82 Å². The third kappa shape index (κ3) is 5.86. The van der Waals surface area contributed by atoms with Crippen molar-refractivity contribution in [1.82, 2.24) is 9.97 Å². The minimum absolute atomic E-state index is 0.0501. The summed E-state index contributed by atoms with van der Waals surface area (Å²) in [6.07, 6.45) is 8.45. The Balaban J connectivity index is 1.41. The summed E-state index contributed by atoms with van der Waals surface area (Å²) in [5.74, 6) is 0.782. The van der Waals surface area contributed by atoms with Gasteiger partial charge in [0, 0.05) is 12.2 Å². The fourth-order valence-electron chi connectivity index (χ4n) is 3.67. The van der Waals surface area contributed by atoms with Crippen LogP contribution in [0.25, 0.3) is 0 Å². The Morgan fingerprint density at radius 2 is 2.00 bits per heavy atom. The van der Waals surface area contributed by atoms with Crippen LogP contribution in [0.2, 0.25) is 0 Å². The summed E-state index contributed by atoms with van der Waals surface area (Å²) < 4.78 is 27.9. The van der Waals surface area contributed by atoms with Gasteiger partial charge in [0.15, 0.2) is 18.2 Å². The predicted molar refractivity (Wildman–Crippen MR) is 123 cm³/mol. The summed E-state index contributed by atoms with van der Waals surface area (Å²) in [4.78, 5) is 36.6. The van der Waals surface area contributed by atoms with Gasteiger partial charge >= 0.3 is 6.09 Å². The van der Waals surface area contributed by atoms with Crippen LogP contribution in [0.15, 0.2) is 6.20 Å².